The lowest BCUT2D eigenvalue weighted by Gasteiger charge is -2.20. The van der Waals surface area contributed by atoms with Gasteiger partial charge in [-0.05, 0) is 12.0 Å². The highest BCUT2D eigenvalue weighted by atomic mass is 32.2. The van der Waals surface area contributed by atoms with Crippen LogP contribution in [0.1, 0.15) is 12.0 Å². The molecule has 2 amide bonds. The lowest BCUT2D eigenvalue weighted by atomic mass is 10.2. The molecule has 0 aliphatic carbocycles. The molecule has 120 valence electrons. The van der Waals surface area contributed by atoms with Gasteiger partial charge >= 0.3 is 6.03 Å². The van der Waals surface area contributed by atoms with Gasteiger partial charge in [0.2, 0.25) is 0 Å². The molecular formula is C15H17N5OS2. The predicted molar refractivity (Wildman–Crippen MR) is 93.4 cm³/mol. The Morgan fingerprint density at radius 1 is 1.43 bits per heavy atom. The third-order valence-electron chi connectivity index (χ3n) is 3.41. The van der Waals surface area contributed by atoms with E-state index in [0.29, 0.717) is 17.9 Å². The Balaban J connectivity index is 1.70. The molecule has 1 aliphatic heterocycles. The van der Waals surface area contributed by atoms with Crippen molar-refractivity contribution in [3.05, 3.63) is 47.4 Å². The molecule has 3 rings (SSSR count). The predicted octanol–water partition coefficient (Wildman–Crippen LogP) is 2.74. The highest BCUT2D eigenvalue weighted by molar-refractivity contribution is 7.99. The number of thioether (sulfide) groups is 1. The fraction of sp³-hybridized carbons (Fsp3) is 0.267. The zero-order valence-corrected chi connectivity index (χ0v) is 14.1. The van der Waals surface area contributed by atoms with Gasteiger partial charge in [0.05, 0.1) is 6.54 Å². The average Bonchev–Trinajstić information content (AvgIpc) is 2.56. The standard InChI is InChI=1S/C15H17N5OS2/c16-12-9-13(18-15-19(12)7-4-8-23-15)17-14(21)20(22)10-11-5-2-1-3-6-11/h1-3,5-6,9,16,22H,4,7-8,10H2,(H,17,21). The second-order valence-electron chi connectivity index (χ2n) is 5.14. The van der Waals surface area contributed by atoms with E-state index in [4.69, 9.17) is 5.41 Å². The zero-order chi connectivity index (χ0) is 16.2. The van der Waals surface area contributed by atoms with Crippen LogP contribution in [0.4, 0.5) is 10.6 Å². The van der Waals surface area contributed by atoms with Crippen LogP contribution in [0.25, 0.3) is 0 Å². The summed E-state index contributed by atoms with van der Waals surface area (Å²) in [4.78, 5) is 16.6. The van der Waals surface area contributed by atoms with Gasteiger partial charge < -0.3 is 4.57 Å². The Bertz CT molecular complexity index is 762. The fourth-order valence-electron chi connectivity index (χ4n) is 2.28. The van der Waals surface area contributed by atoms with Crippen LogP contribution in [0.15, 0.2) is 41.6 Å². The van der Waals surface area contributed by atoms with E-state index in [1.165, 1.54) is 4.31 Å². The van der Waals surface area contributed by atoms with Crippen molar-refractivity contribution in [2.24, 2.45) is 0 Å². The first-order chi connectivity index (χ1) is 11.1. The van der Waals surface area contributed by atoms with Crippen LogP contribution in [0, 0.1) is 5.41 Å². The van der Waals surface area contributed by atoms with Crippen molar-refractivity contribution in [1.29, 1.82) is 5.41 Å². The molecule has 0 unspecified atom stereocenters. The maximum Gasteiger partial charge on any atom is 0.333 e. The quantitative estimate of drug-likeness (QED) is 0.590. The monoisotopic (exact) mass is 347 g/mol. The number of nitrogens with zero attached hydrogens (tertiary/aromatic N) is 3. The number of urea groups is 1. The molecule has 0 bridgehead atoms. The first kappa shape index (κ1) is 15.9. The summed E-state index contributed by atoms with van der Waals surface area (Å²) < 4.78 is 3.15. The summed E-state index contributed by atoms with van der Waals surface area (Å²) in [6, 6.07) is 10.8. The summed E-state index contributed by atoms with van der Waals surface area (Å²) in [5.74, 6) is 1.36. The number of thiol groups is 1. The van der Waals surface area contributed by atoms with Gasteiger partial charge in [-0.1, -0.05) is 54.9 Å². The number of carbonyl (C=O) groups excluding carboxylic acids is 1. The van der Waals surface area contributed by atoms with Crippen LogP contribution in [0.5, 0.6) is 0 Å². The zero-order valence-electron chi connectivity index (χ0n) is 12.4. The number of hydrogen-bond donors (Lipinski definition) is 3. The van der Waals surface area contributed by atoms with Crippen molar-refractivity contribution in [1.82, 2.24) is 13.9 Å². The molecular weight excluding hydrogens is 330 g/mol. The minimum Gasteiger partial charge on any atom is -0.306 e. The first-order valence-corrected chi connectivity index (χ1v) is 8.62. The summed E-state index contributed by atoms with van der Waals surface area (Å²) in [5, 5.41) is 11.5. The second kappa shape index (κ2) is 7.10. The maximum absolute atomic E-state index is 12.2. The van der Waals surface area contributed by atoms with Crippen molar-refractivity contribution in [3.63, 3.8) is 0 Å². The molecule has 0 saturated carbocycles. The van der Waals surface area contributed by atoms with Crippen LogP contribution in [-0.4, -0.2) is 25.6 Å². The summed E-state index contributed by atoms with van der Waals surface area (Å²) in [6.07, 6.45) is 1.03. The number of fused-ring (bicyclic) bond motifs is 1. The number of amides is 2. The van der Waals surface area contributed by atoms with Gasteiger partial charge in [-0.25, -0.2) is 9.78 Å². The smallest absolute Gasteiger partial charge is 0.306 e. The molecule has 6 nitrogen and oxygen atoms in total. The van der Waals surface area contributed by atoms with Gasteiger partial charge in [0.25, 0.3) is 0 Å². The molecule has 0 radical (unpaired) electrons. The molecule has 1 aliphatic rings. The molecule has 2 aromatic rings. The van der Waals surface area contributed by atoms with Crippen LogP contribution < -0.4 is 10.8 Å². The van der Waals surface area contributed by atoms with Gasteiger partial charge in [-0.3, -0.25) is 15.0 Å². The average molecular weight is 347 g/mol. The van der Waals surface area contributed by atoms with E-state index >= 15 is 0 Å². The number of aromatic nitrogens is 2. The molecule has 2 N–H and O–H groups in total. The summed E-state index contributed by atoms with van der Waals surface area (Å²) in [5.41, 5.74) is 1.34. The van der Waals surface area contributed by atoms with E-state index in [-0.39, 0.29) is 6.03 Å². The minimum absolute atomic E-state index is 0.353. The molecule has 23 heavy (non-hydrogen) atoms. The molecule has 1 aromatic heterocycles. The van der Waals surface area contributed by atoms with Gasteiger partial charge in [-0.15, -0.1) is 0 Å². The van der Waals surface area contributed by atoms with Crippen LogP contribution >= 0.6 is 24.6 Å². The number of carbonyl (C=O) groups is 1. The first-order valence-electron chi connectivity index (χ1n) is 7.24. The number of rotatable bonds is 3. The topological polar surface area (TPSA) is 74.0 Å². The van der Waals surface area contributed by atoms with Gasteiger partial charge in [0.1, 0.15) is 11.3 Å². The normalized spacial score (nSPS) is 13.3. The molecule has 0 atom stereocenters. The van der Waals surface area contributed by atoms with Crippen molar-refractivity contribution >= 4 is 36.4 Å². The number of hydrogen-bond acceptors (Lipinski definition) is 5. The molecule has 8 heteroatoms. The molecule has 0 saturated heterocycles. The molecule has 1 aromatic carbocycles. The van der Waals surface area contributed by atoms with E-state index in [1.807, 2.05) is 34.9 Å². The van der Waals surface area contributed by atoms with Crippen LogP contribution in [0.3, 0.4) is 0 Å². The van der Waals surface area contributed by atoms with Crippen molar-refractivity contribution < 1.29 is 4.79 Å². The van der Waals surface area contributed by atoms with E-state index in [9.17, 15) is 4.79 Å². The van der Waals surface area contributed by atoms with E-state index in [2.05, 4.69) is 23.1 Å². The van der Waals surface area contributed by atoms with Gasteiger partial charge in [-0.2, -0.15) is 0 Å². The SMILES string of the molecule is N=c1cc(NC(=O)N(S)Cc2ccccc2)nc2n1CCCS2. The van der Waals surface area contributed by atoms with E-state index in [0.717, 1.165) is 29.4 Å². The third kappa shape index (κ3) is 3.89. The van der Waals surface area contributed by atoms with E-state index in [1.54, 1.807) is 17.8 Å². The highest BCUT2D eigenvalue weighted by Gasteiger charge is 2.15. The summed E-state index contributed by atoms with van der Waals surface area (Å²) in [7, 11) is 0. The second-order valence-corrected chi connectivity index (χ2v) is 6.68. The Labute approximate surface area is 144 Å². The minimum atomic E-state index is -0.366. The van der Waals surface area contributed by atoms with E-state index < -0.39 is 0 Å². The molecule has 0 fully saturated rings. The fourth-order valence-corrected chi connectivity index (χ4v) is 3.46. The van der Waals surface area contributed by atoms with Crippen molar-refractivity contribution in [3.8, 4) is 0 Å². The molecule has 2 heterocycles. The van der Waals surface area contributed by atoms with Crippen molar-refractivity contribution in [2.45, 2.75) is 24.7 Å². The Kier molecular flexibility index (Phi) is 4.92. The van der Waals surface area contributed by atoms with Gasteiger partial charge in [0, 0.05) is 18.4 Å². The summed E-state index contributed by atoms with van der Waals surface area (Å²) in [6.45, 7) is 1.19. The molecule has 0 spiro atoms. The number of nitrogens with one attached hydrogen (secondary N) is 2. The van der Waals surface area contributed by atoms with Crippen LogP contribution in [-0.2, 0) is 13.1 Å². The van der Waals surface area contributed by atoms with Gasteiger partial charge in [0.15, 0.2) is 5.16 Å². The Morgan fingerprint density at radius 3 is 3.00 bits per heavy atom. The highest BCUT2D eigenvalue weighted by Crippen LogP contribution is 2.22. The number of benzene rings is 1. The van der Waals surface area contributed by atoms with Crippen molar-refractivity contribution in [2.75, 3.05) is 11.1 Å². The lowest BCUT2D eigenvalue weighted by molar-refractivity contribution is 0.238. The Morgan fingerprint density at radius 2 is 2.22 bits per heavy atom. The van der Waals surface area contributed by atoms with Crippen LogP contribution in [0.2, 0.25) is 0 Å². The number of anilines is 1. The summed E-state index contributed by atoms with van der Waals surface area (Å²) >= 11 is 5.83. The lowest BCUT2D eigenvalue weighted by Crippen LogP contribution is -2.30. The largest absolute Gasteiger partial charge is 0.333 e. The third-order valence-corrected chi connectivity index (χ3v) is 4.80. The Hall–Kier alpha value is -1.93. The maximum atomic E-state index is 12.2.